The standard InChI is InChI=1S/C9H15N3/c1-4-12(5-2)9-7-10-6-8(3)11-9/h6-7H,4-5H2,1-3H3. The number of aromatic nitrogens is 2. The maximum Gasteiger partial charge on any atom is 0.147 e. The van der Waals surface area contributed by atoms with Crippen molar-refractivity contribution in [1.29, 1.82) is 0 Å². The van der Waals surface area contributed by atoms with Gasteiger partial charge in [-0.1, -0.05) is 0 Å². The average molecular weight is 165 g/mol. The molecule has 66 valence electrons. The number of rotatable bonds is 3. The highest BCUT2D eigenvalue weighted by molar-refractivity contribution is 5.35. The van der Waals surface area contributed by atoms with Crippen molar-refractivity contribution in [1.82, 2.24) is 9.97 Å². The largest absolute Gasteiger partial charge is 0.356 e. The summed E-state index contributed by atoms with van der Waals surface area (Å²) in [5.41, 5.74) is 0.972. The van der Waals surface area contributed by atoms with E-state index in [2.05, 4.69) is 28.7 Å². The lowest BCUT2D eigenvalue weighted by atomic mass is 10.4. The Morgan fingerprint density at radius 3 is 2.42 bits per heavy atom. The van der Waals surface area contributed by atoms with Gasteiger partial charge in [-0.3, -0.25) is 4.98 Å². The van der Waals surface area contributed by atoms with Crippen LogP contribution in [0.1, 0.15) is 19.5 Å². The first-order valence-electron chi connectivity index (χ1n) is 4.31. The Hall–Kier alpha value is -1.12. The molecule has 0 bridgehead atoms. The first kappa shape index (κ1) is 8.97. The summed E-state index contributed by atoms with van der Waals surface area (Å²) in [6, 6.07) is 0. The lowest BCUT2D eigenvalue weighted by Gasteiger charge is -2.18. The van der Waals surface area contributed by atoms with Crippen LogP contribution >= 0.6 is 0 Å². The molecular formula is C9H15N3. The van der Waals surface area contributed by atoms with Gasteiger partial charge in [-0.15, -0.1) is 0 Å². The molecule has 0 aliphatic carbocycles. The van der Waals surface area contributed by atoms with E-state index in [1.807, 2.05) is 6.92 Å². The summed E-state index contributed by atoms with van der Waals surface area (Å²) in [6.07, 6.45) is 3.58. The topological polar surface area (TPSA) is 29.0 Å². The molecule has 0 saturated heterocycles. The molecule has 1 rings (SSSR count). The van der Waals surface area contributed by atoms with E-state index in [0.717, 1.165) is 24.6 Å². The van der Waals surface area contributed by atoms with E-state index in [0.29, 0.717) is 0 Å². The Labute approximate surface area is 73.5 Å². The van der Waals surface area contributed by atoms with Crippen LogP contribution in [-0.4, -0.2) is 23.1 Å². The molecule has 0 atom stereocenters. The van der Waals surface area contributed by atoms with Crippen molar-refractivity contribution in [3.05, 3.63) is 18.1 Å². The second kappa shape index (κ2) is 4.04. The van der Waals surface area contributed by atoms with Crippen molar-refractivity contribution < 1.29 is 0 Å². The molecule has 0 unspecified atom stereocenters. The normalized spacial score (nSPS) is 9.92. The molecule has 1 aromatic rings. The number of nitrogens with zero attached hydrogens (tertiary/aromatic N) is 3. The van der Waals surface area contributed by atoms with Gasteiger partial charge in [-0.25, -0.2) is 4.98 Å². The van der Waals surface area contributed by atoms with Crippen molar-refractivity contribution >= 4 is 5.82 Å². The van der Waals surface area contributed by atoms with Crippen LogP contribution in [0.15, 0.2) is 12.4 Å². The zero-order valence-corrected chi connectivity index (χ0v) is 7.91. The van der Waals surface area contributed by atoms with Crippen molar-refractivity contribution in [2.75, 3.05) is 18.0 Å². The Morgan fingerprint density at radius 1 is 1.25 bits per heavy atom. The summed E-state index contributed by atoms with van der Waals surface area (Å²) in [5.74, 6) is 0.972. The minimum atomic E-state index is 0.972. The fourth-order valence-electron chi connectivity index (χ4n) is 1.15. The highest BCUT2D eigenvalue weighted by Crippen LogP contribution is 2.07. The molecule has 1 aromatic heterocycles. The van der Waals surface area contributed by atoms with Crippen LogP contribution in [0.25, 0.3) is 0 Å². The second-order valence-electron chi connectivity index (χ2n) is 2.69. The van der Waals surface area contributed by atoms with Gasteiger partial charge in [0.1, 0.15) is 5.82 Å². The molecule has 0 amide bonds. The number of anilines is 1. The van der Waals surface area contributed by atoms with Crippen LogP contribution in [0.4, 0.5) is 5.82 Å². The highest BCUT2D eigenvalue weighted by Gasteiger charge is 2.02. The van der Waals surface area contributed by atoms with Gasteiger partial charge in [0.05, 0.1) is 11.9 Å². The quantitative estimate of drug-likeness (QED) is 0.681. The molecule has 0 aliphatic rings. The molecule has 0 aliphatic heterocycles. The summed E-state index contributed by atoms with van der Waals surface area (Å²) in [7, 11) is 0. The van der Waals surface area contributed by atoms with E-state index in [1.165, 1.54) is 0 Å². The molecule has 0 saturated carbocycles. The number of hydrogen-bond acceptors (Lipinski definition) is 3. The predicted octanol–water partition coefficient (Wildman–Crippen LogP) is 1.63. The monoisotopic (exact) mass is 165 g/mol. The molecule has 1 heterocycles. The highest BCUT2D eigenvalue weighted by atomic mass is 15.2. The number of aryl methyl sites for hydroxylation is 1. The minimum Gasteiger partial charge on any atom is -0.356 e. The molecule has 3 heteroatoms. The van der Waals surface area contributed by atoms with Gasteiger partial charge in [0.25, 0.3) is 0 Å². The van der Waals surface area contributed by atoms with Gasteiger partial charge in [0.15, 0.2) is 0 Å². The molecule has 0 spiro atoms. The Kier molecular flexibility index (Phi) is 3.02. The molecular weight excluding hydrogens is 150 g/mol. The molecule has 3 nitrogen and oxygen atoms in total. The molecule has 0 N–H and O–H groups in total. The zero-order chi connectivity index (χ0) is 8.97. The zero-order valence-electron chi connectivity index (χ0n) is 7.91. The van der Waals surface area contributed by atoms with E-state index >= 15 is 0 Å². The Balaban J connectivity index is 2.85. The lowest BCUT2D eigenvalue weighted by Crippen LogP contribution is -2.23. The Morgan fingerprint density at radius 2 is 1.92 bits per heavy atom. The fraction of sp³-hybridized carbons (Fsp3) is 0.556. The van der Waals surface area contributed by atoms with Crippen LogP contribution in [0, 0.1) is 6.92 Å². The van der Waals surface area contributed by atoms with Crippen LogP contribution in [-0.2, 0) is 0 Å². The molecule has 0 fully saturated rings. The summed E-state index contributed by atoms with van der Waals surface area (Å²) in [4.78, 5) is 10.7. The summed E-state index contributed by atoms with van der Waals surface area (Å²) in [6.45, 7) is 8.16. The van der Waals surface area contributed by atoms with Crippen molar-refractivity contribution in [3.8, 4) is 0 Å². The van der Waals surface area contributed by atoms with Crippen molar-refractivity contribution in [3.63, 3.8) is 0 Å². The van der Waals surface area contributed by atoms with Gasteiger partial charge < -0.3 is 4.90 Å². The maximum atomic E-state index is 4.38. The fourth-order valence-corrected chi connectivity index (χ4v) is 1.15. The summed E-state index contributed by atoms with van der Waals surface area (Å²) in [5, 5.41) is 0. The summed E-state index contributed by atoms with van der Waals surface area (Å²) < 4.78 is 0. The third-order valence-corrected chi connectivity index (χ3v) is 1.83. The van der Waals surface area contributed by atoms with E-state index < -0.39 is 0 Å². The van der Waals surface area contributed by atoms with Crippen molar-refractivity contribution in [2.45, 2.75) is 20.8 Å². The van der Waals surface area contributed by atoms with Gasteiger partial charge in [-0.05, 0) is 20.8 Å². The average Bonchev–Trinajstić information content (AvgIpc) is 2.07. The van der Waals surface area contributed by atoms with Crippen LogP contribution < -0.4 is 4.90 Å². The smallest absolute Gasteiger partial charge is 0.147 e. The first-order valence-corrected chi connectivity index (χ1v) is 4.31. The lowest BCUT2D eigenvalue weighted by molar-refractivity contribution is 0.835. The van der Waals surface area contributed by atoms with E-state index in [1.54, 1.807) is 12.4 Å². The summed E-state index contributed by atoms with van der Waals surface area (Å²) >= 11 is 0. The third-order valence-electron chi connectivity index (χ3n) is 1.83. The molecule has 0 radical (unpaired) electrons. The molecule has 0 aromatic carbocycles. The minimum absolute atomic E-state index is 0.972. The maximum absolute atomic E-state index is 4.38. The van der Waals surface area contributed by atoms with Gasteiger partial charge in [0, 0.05) is 19.3 Å². The first-order chi connectivity index (χ1) is 5.77. The molecule has 12 heavy (non-hydrogen) atoms. The van der Waals surface area contributed by atoms with Crippen LogP contribution in [0.5, 0.6) is 0 Å². The third kappa shape index (κ3) is 1.94. The predicted molar refractivity (Wildman–Crippen MR) is 50.3 cm³/mol. The van der Waals surface area contributed by atoms with E-state index in [9.17, 15) is 0 Å². The number of hydrogen-bond donors (Lipinski definition) is 0. The van der Waals surface area contributed by atoms with Gasteiger partial charge in [-0.2, -0.15) is 0 Å². The van der Waals surface area contributed by atoms with E-state index in [-0.39, 0.29) is 0 Å². The van der Waals surface area contributed by atoms with Gasteiger partial charge in [0.2, 0.25) is 0 Å². The van der Waals surface area contributed by atoms with E-state index in [4.69, 9.17) is 0 Å². The second-order valence-corrected chi connectivity index (χ2v) is 2.69. The van der Waals surface area contributed by atoms with Crippen LogP contribution in [0.3, 0.4) is 0 Å². The van der Waals surface area contributed by atoms with Gasteiger partial charge >= 0.3 is 0 Å². The van der Waals surface area contributed by atoms with Crippen LogP contribution in [0.2, 0.25) is 0 Å². The Bertz CT molecular complexity index is 243. The SMILES string of the molecule is CCN(CC)c1cncc(C)n1. The van der Waals surface area contributed by atoms with Crippen molar-refractivity contribution in [2.24, 2.45) is 0 Å².